The Morgan fingerprint density at radius 3 is 2.80 bits per heavy atom. The maximum atomic E-state index is 4.73. The lowest BCUT2D eigenvalue weighted by Gasteiger charge is -2.28. The maximum absolute atomic E-state index is 4.73. The summed E-state index contributed by atoms with van der Waals surface area (Å²) in [5, 5.41) is 5.01. The summed E-state index contributed by atoms with van der Waals surface area (Å²) in [6.45, 7) is 4.48. The van der Waals surface area contributed by atoms with Gasteiger partial charge in [0.1, 0.15) is 5.01 Å². The van der Waals surface area contributed by atoms with Gasteiger partial charge >= 0.3 is 0 Å². The molecular weight excluding hydrogens is 242 g/mol. The van der Waals surface area contributed by atoms with Crippen LogP contribution in [0.5, 0.6) is 0 Å². The molecule has 84 valence electrons. The van der Waals surface area contributed by atoms with Gasteiger partial charge in [0.25, 0.3) is 0 Å². The normalized spacial score (nSPS) is 26.8. The van der Waals surface area contributed by atoms with Crippen LogP contribution in [0.2, 0.25) is 0 Å². The van der Waals surface area contributed by atoms with Gasteiger partial charge < -0.3 is 0 Å². The van der Waals surface area contributed by atoms with Crippen molar-refractivity contribution in [1.29, 1.82) is 0 Å². The topological polar surface area (TPSA) is 12.9 Å². The van der Waals surface area contributed by atoms with Crippen LogP contribution >= 0.6 is 34.9 Å². The minimum Gasteiger partial charge on any atom is -0.245 e. The van der Waals surface area contributed by atoms with E-state index in [2.05, 4.69) is 42.8 Å². The summed E-state index contributed by atoms with van der Waals surface area (Å²) in [7, 11) is 0. The number of thioether (sulfide) groups is 2. The number of nitrogens with zero attached hydrogens (tertiary/aromatic N) is 1. The van der Waals surface area contributed by atoms with Gasteiger partial charge in [-0.25, -0.2) is 4.98 Å². The van der Waals surface area contributed by atoms with Gasteiger partial charge in [-0.3, -0.25) is 0 Å². The summed E-state index contributed by atoms with van der Waals surface area (Å²) >= 11 is 6.08. The van der Waals surface area contributed by atoms with Crippen molar-refractivity contribution in [2.75, 3.05) is 11.5 Å². The molecule has 0 aliphatic carbocycles. The molecule has 0 saturated carbocycles. The third kappa shape index (κ3) is 2.71. The van der Waals surface area contributed by atoms with Gasteiger partial charge in [-0.05, 0) is 12.8 Å². The fourth-order valence-corrected chi connectivity index (χ4v) is 6.09. The Labute approximate surface area is 104 Å². The minimum absolute atomic E-state index is 0.652. The number of hydrogen-bond acceptors (Lipinski definition) is 4. The largest absolute Gasteiger partial charge is 0.245 e. The molecule has 1 aromatic heterocycles. The number of rotatable bonds is 3. The predicted octanol–water partition coefficient (Wildman–Crippen LogP) is 4.01. The van der Waals surface area contributed by atoms with Crippen molar-refractivity contribution in [2.45, 2.75) is 37.2 Å². The van der Waals surface area contributed by atoms with Gasteiger partial charge in [0.2, 0.25) is 0 Å². The van der Waals surface area contributed by atoms with Crippen LogP contribution in [-0.2, 0) is 6.42 Å². The number of hydrogen-bond donors (Lipinski definition) is 0. The Hall–Kier alpha value is 0.330. The molecule has 1 aliphatic rings. The fraction of sp³-hybridized carbons (Fsp3) is 0.727. The van der Waals surface area contributed by atoms with Crippen molar-refractivity contribution in [1.82, 2.24) is 4.98 Å². The molecule has 0 aromatic carbocycles. The number of aryl methyl sites for hydroxylation is 1. The van der Waals surface area contributed by atoms with Gasteiger partial charge in [-0.2, -0.15) is 11.8 Å². The van der Waals surface area contributed by atoms with Gasteiger partial charge in [0, 0.05) is 22.1 Å². The smallest absolute Gasteiger partial charge is 0.107 e. The van der Waals surface area contributed by atoms with Crippen molar-refractivity contribution in [3.8, 4) is 0 Å². The highest BCUT2D eigenvalue weighted by Gasteiger charge is 2.28. The van der Waals surface area contributed by atoms with E-state index in [1.54, 1.807) is 0 Å². The summed E-state index contributed by atoms with van der Waals surface area (Å²) in [6, 6.07) is 0. The third-order valence-corrected chi connectivity index (χ3v) is 7.01. The molecule has 0 bridgehead atoms. The molecule has 0 N–H and O–H groups in total. The molecule has 2 heterocycles. The average molecular weight is 259 g/mol. The second-order valence-electron chi connectivity index (χ2n) is 3.64. The van der Waals surface area contributed by atoms with E-state index in [1.165, 1.54) is 28.6 Å². The van der Waals surface area contributed by atoms with Crippen LogP contribution in [0, 0.1) is 0 Å². The summed E-state index contributed by atoms with van der Waals surface area (Å²) in [4.78, 5) is 4.73. The molecular formula is C11H17NS3. The van der Waals surface area contributed by atoms with E-state index in [0.717, 1.165) is 11.7 Å². The fourth-order valence-electron chi connectivity index (χ4n) is 1.75. The molecule has 15 heavy (non-hydrogen) atoms. The molecule has 0 amide bonds. The van der Waals surface area contributed by atoms with E-state index >= 15 is 0 Å². The minimum atomic E-state index is 0.652. The van der Waals surface area contributed by atoms with E-state index in [0.29, 0.717) is 5.25 Å². The Morgan fingerprint density at radius 2 is 2.13 bits per heavy atom. The standard InChI is InChI=1S/C11H17NS3/c1-3-8-7-15-11(12-8)10-9(4-2)13-5-6-14-10/h7,9-10H,3-6H2,1-2H3. The second-order valence-corrected chi connectivity index (χ2v) is 7.13. The first-order chi connectivity index (χ1) is 7.35. The summed E-state index contributed by atoms with van der Waals surface area (Å²) in [6.07, 6.45) is 2.33. The number of aromatic nitrogens is 1. The highest BCUT2D eigenvalue weighted by molar-refractivity contribution is 8.06. The Morgan fingerprint density at radius 1 is 1.33 bits per heavy atom. The van der Waals surface area contributed by atoms with E-state index < -0.39 is 0 Å². The highest BCUT2D eigenvalue weighted by Crippen LogP contribution is 2.44. The van der Waals surface area contributed by atoms with Crippen LogP contribution in [0.4, 0.5) is 0 Å². The van der Waals surface area contributed by atoms with Gasteiger partial charge in [0.15, 0.2) is 0 Å². The lowest BCUT2D eigenvalue weighted by Crippen LogP contribution is -2.18. The van der Waals surface area contributed by atoms with Crippen LogP contribution in [-0.4, -0.2) is 21.7 Å². The van der Waals surface area contributed by atoms with E-state index in [4.69, 9.17) is 4.98 Å². The monoisotopic (exact) mass is 259 g/mol. The van der Waals surface area contributed by atoms with Crippen molar-refractivity contribution in [2.24, 2.45) is 0 Å². The molecule has 1 nitrogen and oxygen atoms in total. The van der Waals surface area contributed by atoms with Crippen molar-refractivity contribution >= 4 is 34.9 Å². The molecule has 2 atom stereocenters. The summed E-state index contributed by atoms with van der Waals surface area (Å²) < 4.78 is 0. The maximum Gasteiger partial charge on any atom is 0.107 e. The first-order valence-corrected chi connectivity index (χ1v) is 8.50. The van der Waals surface area contributed by atoms with Crippen molar-refractivity contribution in [3.63, 3.8) is 0 Å². The molecule has 1 aromatic rings. The first-order valence-electron chi connectivity index (χ1n) is 5.52. The van der Waals surface area contributed by atoms with Gasteiger partial charge in [0.05, 0.1) is 10.9 Å². The molecule has 0 spiro atoms. The zero-order valence-corrected chi connectivity index (χ0v) is 11.7. The van der Waals surface area contributed by atoms with E-state index in [1.807, 2.05) is 11.3 Å². The average Bonchev–Trinajstić information content (AvgIpc) is 2.77. The molecule has 0 radical (unpaired) electrons. The lowest BCUT2D eigenvalue weighted by atomic mass is 10.2. The van der Waals surface area contributed by atoms with Crippen LogP contribution in [0.15, 0.2) is 5.38 Å². The second kappa shape index (κ2) is 5.60. The lowest BCUT2D eigenvalue weighted by molar-refractivity contribution is 0.785. The SMILES string of the molecule is CCc1csc(C2SCCSC2CC)n1. The Bertz CT molecular complexity index is 311. The zero-order chi connectivity index (χ0) is 10.7. The van der Waals surface area contributed by atoms with Crippen LogP contribution in [0.1, 0.15) is 36.2 Å². The molecule has 1 fully saturated rings. The molecule has 2 unspecified atom stereocenters. The molecule has 2 rings (SSSR count). The van der Waals surface area contributed by atoms with Gasteiger partial charge in [-0.15, -0.1) is 23.1 Å². The number of thiazole rings is 1. The summed E-state index contributed by atoms with van der Waals surface area (Å²) in [5.74, 6) is 2.60. The first kappa shape index (κ1) is 11.8. The Balaban J connectivity index is 2.12. The molecule has 4 heteroatoms. The van der Waals surface area contributed by atoms with Crippen LogP contribution < -0.4 is 0 Å². The highest BCUT2D eigenvalue weighted by atomic mass is 32.2. The third-order valence-electron chi connectivity index (χ3n) is 2.63. The van der Waals surface area contributed by atoms with Gasteiger partial charge in [-0.1, -0.05) is 13.8 Å². The van der Waals surface area contributed by atoms with Crippen molar-refractivity contribution < 1.29 is 0 Å². The molecule has 1 saturated heterocycles. The molecule has 1 aliphatic heterocycles. The van der Waals surface area contributed by atoms with E-state index in [-0.39, 0.29) is 0 Å². The van der Waals surface area contributed by atoms with Crippen LogP contribution in [0.25, 0.3) is 0 Å². The zero-order valence-electron chi connectivity index (χ0n) is 9.23. The quantitative estimate of drug-likeness (QED) is 0.814. The van der Waals surface area contributed by atoms with Crippen molar-refractivity contribution in [3.05, 3.63) is 16.1 Å². The summed E-state index contributed by atoms with van der Waals surface area (Å²) in [5.41, 5.74) is 1.26. The van der Waals surface area contributed by atoms with E-state index in [9.17, 15) is 0 Å². The van der Waals surface area contributed by atoms with Crippen LogP contribution in [0.3, 0.4) is 0 Å². The Kier molecular flexibility index (Phi) is 4.40. The predicted molar refractivity (Wildman–Crippen MR) is 73.2 cm³/mol.